The van der Waals surface area contributed by atoms with Gasteiger partial charge in [0.25, 0.3) is 0 Å². The van der Waals surface area contributed by atoms with E-state index < -0.39 is 0 Å². The molecule has 0 saturated heterocycles. The fourth-order valence-corrected chi connectivity index (χ4v) is 2.81. The van der Waals surface area contributed by atoms with Crippen molar-refractivity contribution in [3.63, 3.8) is 0 Å². The molecular formula is C15H30N2O3. The molecule has 1 amide bonds. The third-order valence-corrected chi connectivity index (χ3v) is 4.22. The SMILES string of the molecule is COCCOCCCNC(=O)C1CC(N)C(C)CC1C. The molecule has 0 aliphatic heterocycles. The Morgan fingerprint density at radius 1 is 1.20 bits per heavy atom. The number of ether oxygens (including phenoxy) is 2. The number of rotatable bonds is 8. The van der Waals surface area contributed by atoms with Crippen LogP contribution in [-0.4, -0.2) is 45.4 Å². The third kappa shape index (κ3) is 5.77. The number of nitrogens with two attached hydrogens (primary N) is 1. The van der Waals surface area contributed by atoms with Gasteiger partial charge >= 0.3 is 0 Å². The second kappa shape index (κ2) is 9.32. The lowest BCUT2D eigenvalue weighted by molar-refractivity contribution is -0.128. The summed E-state index contributed by atoms with van der Waals surface area (Å²) >= 11 is 0. The molecule has 0 aromatic heterocycles. The molecule has 4 atom stereocenters. The molecule has 0 heterocycles. The zero-order chi connectivity index (χ0) is 15.0. The minimum absolute atomic E-state index is 0.0654. The molecule has 5 heteroatoms. The van der Waals surface area contributed by atoms with Crippen LogP contribution in [0.25, 0.3) is 0 Å². The fourth-order valence-electron chi connectivity index (χ4n) is 2.81. The monoisotopic (exact) mass is 286 g/mol. The molecule has 0 radical (unpaired) electrons. The highest BCUT2D eigenvalue weighted by Crippen LogP contribution is 2.32. The van der Waals surface area contributed by atoms with Gasteiger partial charge in [0.15, 0.2) is 0 Å². The maximum absolute atomic E-state index is 12.2. The number of amides is 1. The van der Waals surface area contributed by atoms with Crippen molar-refractivity contribution in [1.29, 1.82) is 0 Å². The summed E-state index contributed by atoms with van der Waals surface area (Å²) in [5, 5.41) is 3.00. The van der Waals surface area contributed by atoms with Gasteiger partial charge in [-0.15, -0.1) is 0 Å². The second-order valence-corrected chi connectivity index (χ2v) is 5.95. The van der Waals surface area contributed by atoms with Gasteiger partial charge in [-0.1, -0.05) is 13.8 Å². The number of nitrogens with one attached hydrogen (secondary N) is 1. The van der Waals surface area contributed by atoms with Gasteiger partial charge in [0.1, 0.15) is 0 Å². The minimum atomic E-state index is 0.0654. The first-order valence-electron chi connectivity index (χ1n) is 7.66. The van der Waals surface area contributed by atoms with Gasteiger partial charge in [0.05, 0.1) is 13.2 Å². The molecule has 0 spiro atoms. The predicted molar refractivity (Wildman–Crippen MR) is 79.3 cm³/mol. The van der Waals surface area contributed by atoms with Gasteiger partial charge < -0.3 is 20.5 Å². The number of hydrogen-bond acceptors (Lipinski definition) is 4. The Morgan fingerprint density at radius 2 is 1.95 bits per heavy atom. The van der Waals surface area contributed by atoms with Crippen molar-refractivity contribution in [3.8, 4) is 0 Å². The van der Waals surface area contributed by atoms with Gasteiger partial charge in [0, 0.05) is 32.2 Å². The smallest absolute Gasteiger partial charge is 0.223 e. The largest absolute Gasteiger partial charge is 0.382 e. The molecular weight excluding hydrogens is 256 g/mol. The van der Waals surface area contributed by atoms with E-state index in [-0.39, 0.29) is 17.9 Å². The Kier molecular flexibility index (Phi) is 8.11. The molecule has 3 N–H and O–H groups in total. The summed E-state index contributed by atoms with van der Waals surface area (Å²) in [4.78, 5) is 12.2. The number of carbonyl (C=O) groups is 1. The summed E-state index contributed by atoms with van der Waals surface area (Å²) in [6.07, 6.45) is 2.68. The molecule has 1 rings (SSSR count). The number of methoxy groups -OCH3 is 1. The first kappa shape index (κ1) is 17.4. The summed E-state index contributed by atoms with van der Waals surface area (Å²) in [6.45, 7) is 6.87. The van der Waals surface area contributed by atoms with Crippen LogP contribution in [0, 0.1) is 17.8 Å². The van der Waals surface area contributed by atoms with E-state index in [2.05, 4.69) is 19.2 Å². The molecule has 20 heavy (non-hydrogen) atoms. The summed E-state index contributed by atoms with van der Waals surface area (Å²) in [6, 6.07) is 0.152. The summed E-state index contributed by atoms with van der Waals surface area (Å²) < 4.78 is 10.2. The molecule has 1 aliphatic carbocycles. The summed E-state index contributed by atoms with van der Waals surface area (Å²) in [7, 11) is 1.65. The zero-order valence-electron chi connectivity index (χ0n) is 13.1. The molecule has 1 aliphatic rings. The van der Waals surface area contributed by atoms with Crippen LogP contribution in [0.4, 0.5) is 0 Å². The lowest BCUT2D eigenvalue weighted by Crippen LogP contribution is -2.45. The Hall–Kier alpha value is -0.650. The first-order valence-corrected chi connectivity index (χ1v) is 7.66. The lowest BCUT2D eigenvalue weighted by Gasteiger charge is -2.36. The Balaban J connectivity index is 2.15. The van der Waals surface area contributed by atoms with E-state index in [0.29, 0.717) is 38.2 Å². The van der Waals surface area contributed by atoms with Crippen molar-refractivity contribution in [2.24, 2.45) is 23.5 Å². The Bertz CT molecular complexity index is 286. The molecule has 0 aromatic carbocycles. The van der Waals surface area contributed by atoms with E-state index in [4.69, 9.17) is 15.2 Å². The predicted octanol–water partition coefficient (Wildman–Crippen LogP) is 1.17. The van der Waals surface area contributed by atoms with Crippen molar-refractivity contribution in [1.82, 2.24) is 5.32 Å². The van der Waals surface area contributed by atoms with Gasteiger partial charge in [-0.3, -0.25) is 4.79 Å². The van der Waals surface area contributed by atoms with E-state index in [9.17, 15) is 4.79 Å². The molecule has 1 fully saturated rings. The van der Waals surface area contributed by atoms with E-state index in [1.54, 1.807) is 7.11 Å². The standard InChI is InChI=1S/C15H30N2O3/c1-11-9-12(2)14(16)10-13(11)15(18)17-5-4-6-20-8-7-19-3/h11-14H,4-10,16H2,1-3H3,(H,17,18). The van der Waals surface area contributed by atoms with Crippen LogP contribution in [0.15, 0.2) is 0 Å². The fraction of sp³-hybridized carbons (Fsp3) is 0.933. The van der Waals surface area contributed by atoms with Crippen molar-refractivity contribution < 1.29 is 14.3 Å². The molecule has 5 nitrogen and oxygen atoms in total. The van der Waals surface area contributed by atoms with Gasteiger partial charge in [-0.05, 0) is 31.1 Å². The molecule has 1 saturated carbocycles. The van der Waals surface area contributed by atoms with Crippen molar-refractivity contribution in [3.05, 3.63) is 0 Å². The quantitative estimate of drug-likeness (QED) is 0.657. The van der Waals surface area contributed by atoms with Crippen LogP contribution in [0.2, 0.25) is 0 Å². The van der Waals surface area contributed by atoms with Crippen LogP contribution >= 0.6 is 0 Å². The molecule has 4 unspecified atom stereocenters. The minimum Gasteiger partial charge on any atom is -0.382 e. The van der Waals surface area contributed by atoms with Gasteiger partial charge in [-0.25, -0.2) is 0 Å². The van der Waals surface area contributed by atoms with Gasteiger partial charge in [0.2, 0.25) is 5.91 Å². The molecule has 0 aromatic rings. The normalized spacial score (nSPS) is 30.2. The topological polar surface area (TPSA) is 73.6 Å². The van der Waals surface area contributed by atoms with Crippen molar-refractivity contribution in [2.75, 3.05) is 33.5 Å². The summed E-state index contributed by atoms with van der Waals surface area (Å²) in [5.41, 5.74) is 6.08. The Labute approximate surface area is 122 Å². The van der Waals surface area contributed by atoms with E-state index in [0.717, 1.165) is 19.3 Å². The van der Waals surface area contributed by atoms with Crippen LogP contribution in [0.5, 0.6) is 0 Å². The summed E-state index contributed by atoms with van der Waals surface area (Å²) in [5.74, 6) is 1.15. The number of carbonyl (C=O) groups excluding carboxylic acids is 1. The highest BCUT2D eigenvalue weighted by Gasteiger charge is 2.34. The lowest BCUT2D eigenvalue weighted by atomic mass is 9.72. The third-order valence-electron chi connectivity index (χ3n) is 4.22. The zero-order valence-corrected chi connectivity index (χ0v) is 13.1. The first-order chi connectivity index (χ1) is 9.56. The van der Waals surface area contributed by atoms with Crippen LogP contribution < -0.4 is 11.1 Å². The van der Waals surface area contributed by atoms with Gasteiger partial charge in [-0.2, -0.15) is 0 Å². The van der Waals surface area contributed by atoms with Crippen molar-refractivity contribution in [2.45, 2.75) is 39.2 Å². The average Bonchev–Trinajstić information content (AvgIpc) is 2.41. The average molecular weight is 286 g/mol. The maximum atomic E-state index is 12.2. The van der Waals surface area contributed by atoms with Crippen LogP contribution in [0.1, 0.15) is 33.1 Å². The van der Waals surface area contributed by atoms with Crippen molar-refractivity contribution >= 4 is 5.91 Å². The Morgan fingerprint density at radius 3 is 2.65 bits per heavy atom. The molecule has 0 bridgehead atoms. The van der Waals surface area contributed by atoms with E-state index in [1.165, 1.54) is 0 Å². The highest BCUT2D eigenvalue weighted by molar-refractivity contribution is 5.79. The van der Waals surface area contributed by atoms with Crippen LogP contribution in [0.3, 0.4) is 0 Å². The number of hydrogen-bond donors (Lipinski definition) is 2. The second-order valence-electron chi connectivity index (χ2n) is 5.95. The maximum Gasteiger partial charge on any atom is 0.223 e. The van der Waals surface area contributed by atoms with Crippen LogP contribution in [-0.2, 0) is 14.3 Å². The van der Waals surface area contributed by atoms with E-state index in [1.807, 2.05) is 0 Å². The highest BCUT2D eigenvalue weighted by atomic mass is 16.5. The van der Waals surface area contributed by atoms with E-state index >= 15 is 0 Å². The molecule has 118 valence electrons.